The molecule has 1 aromatic carbocycles. The van der Waals surface area contributed by atoms with E-state index in [1.54, 1.807) is 18.2 Å². The van der Waals surface area contributed by atoms with Crippen molar-refractivity contribution in [2.75, 3.05) is 12.3 Å². The number of rotatable bonds is 4. The molecule has 0 radical (unpaired) electrons. The Morgan fingerprint density at radius 3 is 2.89 bits per heavy atom. The summed E-state index contributed by atoms with van der Waals surface area (Å²) in [4.78, 5) is 11.9. The third-order valence-corrected chi connectivity index (χ3v) is 3.73. The van der Waals surface area contributed by atoms with Gasteiger partial charge in [-0.05, 0) is 40.6 Å². The largest absolute Gasteiger partial charge is 0.399 e. The van der Waals surface area contributed by atoms with Gasteiger partial charge in [0.1, 0.15) is 0 Å². The molecule has 0 saturated carbocycles. The average molecular weight is 341 g/mol. The number of aliphatic hydroxyl groups excluding tert-OH is 1. The summed E-state index contributed by atoms with van der Waals surface area (Å²) in [6.45, 7) is 0.169. The van der Waals surface area contributed by atoms with Crippen molar-refractivity contribution in [1.82, 2.24) is 5.32 Å². The molecule has 19 heavy (non-hydrogen) atoms. The molecule has 0 fully saturated rings. The minimum atomic E-state index is -0.695. The Kier molecular flexibility index (Phi) is 4.57. The van der Waals surface area contributed by atoms with Crippen molar-refractivity contribution in [3.05, 3.63) is 50.6 Å². The number of carbonyl (C=O) groups excluding carboxylic acids is 1. The third kappa shape index (κ3) is 3.79. The van der Waals surface area contributed by atoms with Crippen molar-refractivity contribution < 1.29 is 9.90 Å². The van der Waals surface area contributed by atoms with Gasteiger partial charge in [-0.15, -0.1) is 0 Å². The fraction of sp³-hybridized carbons (Fsp3) is 0.154. The van der Waals surface area contributed by atoms with E-state index in [0.29, 0.717) is 11.3 Å². The van der Waals surface area contributed by atoms with Crippen LogP contribution in [0.2, 0.25) is 0 Å². The predicted octanol–water partition coefficient (Wildman–Crippen LogP) is 2.56. The number of nitrogen functional groups attached to an aromatic ring is 1. The second-order valence-electron chi connectivity index (χ2n) is 4.06. The molecule has 100 valence electrons. The van der Waals surface area contributed by atoms with Crippen LogP contribution in [0.4, 0.5) is 5.69 Å². The summed E-state index contributed by atoms with van der Waals surface area (Å²) in [5.74, 6) is -0.262. The van der Waals surface area contributed by atoms with Gasteiger partial charge in [0, 0.05) is 22.3 Å². The number of anilines is 1. The highest BCUT2D eigenvalue weighted by Gasteiger charge is 2.11. The van der Waals surface area contributed by atoms with E-state index in [1.807, 2.05) is 16.8 Å². The van der Waals surface area contributed by atoms with Crippen molar-refractivity contribution in [2.45, 2.75) is 6.10 Å². The minimum absolute atomic E-state index is 0.169. The normalized spacial score (nSPS) is 12.1. The summed E-state index contributed by atoms with van der Waals surface area (Å²) < 4.78 is 0.746. The van der Waals surface area contributed by atoms with Gasteiger partial charge in [0.25, 0.3) is 5.91 Å². The number of benzene rings is 1. The molecule has 4 N–H and O–H groups in total. The van der Waals surface area contributed by atoms with Crippen LogP contribution >= 0.6 is 27.3 Å². The van der Waals surface area contributed by atoms with Gasteiger partial charge < -0.3 is 16.2 Å². The number of aliphatic hydroxyl groups is 1. The van der Waals surface area contributed by atoms with Gasteiger partial charge in [-0.1, -0.05) is 15.9 Å². The summed E-state index contributed by atoms with van der Waals surface area (Å²) in [5.41, 5.74) is 7.45. The average Bonchev–Trinajstić information content (AvgIpc) is 2.88. The van der Waals surface area contributed by atoms with Crippen LogP contribution in [0.25, 0.3) is 0 Å². The predicted molar refractivity (Wildman–Crippen MR) is 80.2 cm³/mol. The Balaban J connectivity index is 1.98. The summed E-state index contributed by atoms with van der Waals surface area (Å²) in [5, 5.41) is 16.3. The van der Waals surface area contributed by atoms with Crippen LogP contribution in [0.15, 0.2) is 39.5 Å². The number of nitrogens with two attached hydrogens (primary N) is 1. The first-order valence-electron chi connectivity index (χ1n) is 5.60. The molecule has 0 bridgehead atoms. The number of carbonyl (C=O) groups is 1. The van der Waals surface area contributed by atoms with Crippen molar-refractivity contribution in [1.29, 1.82) is 0 Å². The SMILES string of the molecule is Nc1cc(Br)cc(C(=O)NCC(O)c2ccsc2)c1. The highest BCUT2D eigenvalue weighted by atomic mass is 79.9. The molecule has 0 aliphatic heterocycles. The maximum absolute atomic E-state index is 11.9. The zero-order valence-corrected chi connectivity index (χ0v) is 12.4. The molecule has 2 aromatic rings. The van der Waals surface area contributed by atoms with E-state index in [1.165, 1.54) is 11.3 Å². The zero-order chi connectivity index (χ0) is 13.8. The highest BCUT2D eigenvalue weighted by molar-refractivity contribution is 9.10. The van der Waals surface area contributed by atoms with E-state index >= 15 is 0 Å². The standard InChI is InChI=1S/C13H13BrN2O2S/c14-10-3-9(4-11(15)5-10)13(18)16-6-12(17)8-1-2-19-7-8/h1-5,7,12,17H,6,15H2,(H,16,18). The van der Waals surface area contributed by atoms with Gasteiger partial charge in [0.15, 0.2) is 0 Å². The molecule has 0 aliphatic rings. The van der Waals surface area contributed by atoms with Gasteiger partial charge in [-0.3, -0.25) is 4.79 Å². The van der Waals surface area contributed by atoms with Crippen LogP contribution in [0, 0.1) is 0 Å². The molecule has 2 rings (SSSR count). The van der Waals surface area contributed by atoms with Gasteiger partial charge in [0.2, 0.25) is 0 Å². The summed E-state index contributed by atoms with van der Waals surface area (Å²) in [6.07, 6.45) is -0.695. The summed E-state index contributed by atoms with van der Waals surface area (Å²) in [6, 6.07) is 6.83. The van der Waals surface area contributed by atoms with E-state index in [4.69, 9.17) is 5.73 Å². The van der Waals surface area contributed by atoms with Crippen LogP contribution in [0.3, 0.4) is 0 Å². The first-order valence-corrected chi connectivity index (χ1v) is 7.34. The first kappa shape index (κ1) is 14.0. The Morgan fingerprint density at radius 2 is 2.26 bits per heavy atom. The monoisotopic (exact) mass is 340 g/mol. The fourth-order valence-corrected chi connectivity index (χ4v) is 2.84. The number of halogens is 1. The number of nitrogens with one attached hydrogen (secondary N) is 1. The van der Waals surface area contributed by atoms with Crippen LogP contribution in [0.5, 0.6) is 0 Å². The van der Waals surface area contributed by atoms with E-state index in [9.17, 15) is 9.90 Å². The second-order valence-corrected chi connectivity index (χ2v) is 5.75. The van der Waals surface area contributed by atoms with Gasteiger partial charge in [-0.2, -0.15) is 11.3 Å². The number of hydrogen-bond donors (Lipinski definition) is 3. The molecule has 1 aromatic heterocycles. The lowest BCUT2D eigenvalue weighted by molar-refractivity contribution is 0.0916. The Morgan fingerprint density at radius 1 is 1.47 bits per heavy atom. The third-order valence-electron chi connectivity index (χ3n) is 2.57. The molecule has 1 amide bonds. The first-order chi connectivity index (χ1) is 9.06. The van der Waals surface area contributed by atoms with E-state index in [0.717, 1.165) is 10.0 Å². The Bertz CT molecular complexity index is 552. The molecule has 0 spiro atoms. The highest BCUT2D eigenvalue weighted by Crippen LogP contribution is 2.18. The second kappa shape index (κ2) is 6.18. The van der Waals surface area contributed by atoms with Crippen molar-refractivity contribution >= 4 is 38.9 Å². The van der Waals surface area contributed by atoms with Gasteiger partial charge in [-0.25, -0.2) is 0 Å². The summed E-state index contributed by atoms with van der Waals surface area (Å²) in [7, 11) is 0. The van der Waals surface area contributed by atoms with Crippen LogP contribution < -0.4 is 11.1 Å². The maximum Gasteiger partial charge on any atom is 0.251 e. The van der Waals surface area contributed by atoms with Crippen molar-refractivity contribution in [2.24, 2.45) is 0 Å². The lowest BCUT2D eigenvalue weighted by atomic mass is 10.1. The molecule has 0 aliphatic carbocycles. The fourth-order valence-electron chi connectivity index (χ4n) is 1.62. The van der Waals surface area contributed by atoms with E-state index in [2.05, 4.69) is 21.2 Å². The molecule has 1 atom stereocenters. The van der Waals surface area contributed by atoms with E-state index < -0.39 is 6.10 Å². The van der Waals surface area contributed by atoms with Crippen molar-refractivity contribution in [3.63, 3.8) is 0 Å². The molecule has 0 saturated heterocycles. The van der Waals surface area contributed by atoms with Crippen LogP contribution in [0.1, 0.15) is 22.0 Å². The minimum Gasteiger partial charge on any atom is -0.399 e. The number of thiophene rings is 1. The molecular weight excluding hydrogens is 328 g/mol. The molecule has 1 heterocycles. The van der Waals surface area contributed by atoms with Crippen LogP contribution in [-0.4, -0.2) is 17.6 Å². The Hall–Kier alpha value is -1.37. The maximum atomic E-state index is 11.9. The van der Waals surface area contributed by atoms with Crippen LogP contribution in [-0.2, 0) is 0 Å². The lowest BCUT2D eigenvalue weighted by Gasteiger charge is -2.11. The zero-order valence-electron chi connectivity index (χ0n) is 9.97. The van der Waals surface area contributed by atoms with E-state index in [-0.39, 0.29) is 12.5 Å². The smallest absolute Gasteiger partial charge is 0.251 e. The quantitative estimate of drug-likeness (QED) is 0.748. The summed E-state index contributed by atoms with van der Waals surface area (Å²) >= 11 is 4.79. The van der Waals surface area contributed by atoms with Gasteiger partial charge >= 0.3 is 0 Å². The molecule has 4 nitrogen and oxygen atoms in total. The Labute approximate surface area is 123 Å². The number of amides is 1. The topological polar surface area (TPSA) is 75.4 Å². The molecule has 1 unspecified atom stereocenters. The molecule has 6 heteroatoms. The molecular formula is C13H13BrN2O2S. The lowest BCUT2D eigenvalue weighted by Crippen LogP contribution is -2.28. The number of hydrogen-bond acceptors (Lipinski definition) is 4. The van der Waals surface area contributed by atoms with Crippen molar-refractivity contribution in [3.8, 4) is 0 Å². The van der Waals surface area contributed by atoms with Gasteiger partial charge in [0.05, 0.1) is 6.10 Å².